The Morgan fingerprint density at radius 1 is 1.28 bits per heavy atom. The fourth-order valence-corrected chi connectivity index (χ4v) is 2.12. The summed E-state index contributed by atoms with van der Waals surface area (Å²) in [7, 11) is 0. The van der Waals surface area contributed by atoms with E-state index in [9.17, 15) is 9.59 Å². The van der Waals surface area contributed by atoms with Crippen molar-refractivity contribution in [3.8, 4) is 5.69 Å². The van der Waals surface area contributed by atoms with E-state index >= 15 is 0 Å². The van der Waals surface area contributed by atoms with Crippen LogP contribution in [0.5, 0.6) is 0 Å². The molecule has 0 saturated heterocycles. The van der Waals surface area contributed by atoms with Gasteiger partial charge in [-0.3, -0.25) is 9.36 Å². The summed E-state index contributed by atoms with van der Waals surface area (Å²) in [6, 6.07) is 8.26. The van der Waals surface area contributed by atoms with E-state index in [2.05, 4.69) is 22.6 Å². The van der Waals surface area contributed by atoms with Gasteiger partial charge >= 0.3 is 5.97 Å². The Bertz CT molecular complexity index is 676. The molecule has 1 aromatic heterocycles. The summed E-state index contributed by atoms with van der Waals surface area (Å²) in [6.07, 6.45) is 1.35. The quantitative estimate of drug-likeness (QED) is 0.842. The van der Waals surface area contributed by atoms with Crippen molar-refractivity contribution in [1.29, 1.82) is 0 Å². The predicted octanol–water partition coefficient (Wildman–Crippen LogP) is 2.45. The molecule has 18 heavy (non-hydrogen) atoms. The number of carboxylic acids is 1. The van der Waals surface area contributed by atoms with E-state index in [4.69, 9.17) is 5.11 Å². The van der Waals surface area contributed by atoms with Crippen molar-refractivity contribution >= 4 is 28.6 Å². The van der Waals surface area contributed by atoms with Crippen LogP contribution in [-0.2, 0) is 0 Å². The molecule has 0 saturated carbocycles. The minimum atomic E-state index is -1.05. The first-order valence-electron chi connectivity index (χ1n) is 5.21. The maximum atomic E-state index is 11.8. The van der Waals surface area contributed by atoms with Crippen LogP contribution in [0.25, 0.3) is 5.69 Å². The number of aromatic carboxylic acids is 1. The summed E-state index contributed by atoms with van der Waals surface area (Å²) in [5, 5.41) is 8.95. The highest BCUT2D eigenvalue weighted by Gasteiger charge is 2.08. The maximum Gasteiger partial charge on any atom is 0.337 e. The highest BCUT2D eigenvalue weighted by atomic mass is 127. The van der Waals surface area contributed by atoms with Gasteiger partial charge in [-0.25, -0.2) is 4.79 Å². The Kier molecular flexibility index (Phi) is 3.51. The zero-order valence-corrected chi connectivity index (χ0v) is 11.7. The van der Waals surface area contributed by atoms with Crippen LogP contribution in [0.15, 0.2) is 41.3 Å². The molecule has 4 nitrogen and oxygen atoms in total. The van der Waals surface area contributed by atoms with Gasteiger partial charge < -0.3 is 5.11 Å². The average molecular weight is 355 g/mol. The van der Waals surface area contributed by atoms with Gasteiger partial charge in [0.15, 0.2) is 0 Å². The monoisotopic (exact) mass is 355 g/mol. The van der Waals surface area contributed by atoms with Crippen LogP contribution in [0.4, 0.5) is 0 Å². The Labute approximate surface area is 117 Å². The van der Waals surface area contributed by atoms with Crippen LogP contribution < -0.4 is 5.56 Å². The predicted molar refractivity (Wildman–Crippen MR) is 76.5 cm³/mol. The van der Waals surface area contributed by atoms with Gasteiger partial charge in [0.2, 0.25) is 0 Å². The van der Waals surface area contributed by atoms with E-state index < -0.39 is 5.97 Å². The number of pyridine rings is 1. The van der Waals surface area contributed by atoms with Gasteiger partial charge in [0.05, 0.1) is 11.3 Å². The van der Waals surface area contributed by atoms with Crippen molar-refractivity contribution in [2.75, 3.05) is 0 Å². The molecule has 0 aliphatic carbocycles. The third-order valence-electron chi connectivity index (χ3n) is 2.59. The highest BCUT2D eigenvalue weighted by molar-refractivity contribution is 14.1. The fourth-order valence-electron chi connectivity index (χ4n) is 1.64. The van der Waals surface area contributed by atoms with Gasteiger partial charge in [-0.2, -0.15) is 0 Å². The molecule has 2 rings (SSSR count). The van der Waals surface area contributed by atoms with Crippen molar-refractivity contribution in [2.45, 2.75) is 6.92 Å². The number of benzene rings is 1. The van der Waals surface area contributed by atoms with Crippen LogP contribution in [0.2, 0.25) is 0 Å². The molecule has 0 amide bonds. The molecule has 0 unspecified atom stereocenters. The summed E-state index contributed by atoms with van der Waals surface area (Å²) < 4.78 is 2.35. The van der Waals surface area contributed by atoms with Crippen molar-refractivity contribution in [3.63, 3.8) is 0 Å². The number of carboxylic acid groups (broad SMARTS) is 1. The molecule has 5 heteroatoms. The van der Waals surface area contributed by atoms with Crippen LogP contribution in [0, 0.1) is 10.5 Å². The third kappa shape index (κ3) is 2.45. The molecule has 92 valence electrons. The molecule has 1 heterocycles. The average Bonchev–Trinajstić information content (AvgIpc) is 2.33. The van der Waals surface area contributed by atoms with Crippen LogP contribution in [0.1, 0.15) is 15.9 Å². The fraction of sp³-hybridized carbons (Fsp3) is 0.0769. The number of hydrogen-bond acceptors (Lipinski definition) is 2. The van der Waals surface area contributed by atoms with Crippen molar-refractivity contribution in [3.05, 3.63) is 61.6 Å². The maximum absolute atomic E-state index is 11.8. The Hall–Kier alpha value is -1.63. The van der Waals surface area contributed by atoms with Crippen molar-refractivity contribution < 1.29 is 9.90 Å². The van der Waals surface area contributed by atoms with Gasteiger partial charge in [0.1, 0.15) is 0 Å². The first-order chi connectivity index (χ1) is 8.49. The molecule has 0 fully saturated rings. The lowest BCUT2D eigenvalue weighted by Gasteiger charge is -2.10. The number of nitrogens with zero attached hydrogens (tertiary/aromatic N) is 1. The van der Waals surface area contributed by atoms with E-state index in [0.717, 1.165) is 9.13 Å². The van der Waals surface area contributed by atoms with E-state index in [0.29, 0.717) is 5.69 Å². The second-order valence-electron chi connectivity index (χ2n) is 3.86. The lowest BCUT2D eigenvalue weighted by atomic mass is 10.2. The normalized spacial score (nSPS) is 10.3. The minimum Gasteiger partial charge on any atom is -0.478 e. The number of halogens is 1. The smallest absolute Gasteiger partial charge is 0.337 e. The zero-order valence-electron chi connectivity index (χ0n) is 9.55. The second kappa shape index (κ2) is 4.93. The van der Waals surface area contributed by atoms with E-state index in [1.807, 2.05) is 25.1 Å². The van der Waals surface area contributed by atoms with Crippen LogP contribution in [-0.4, -0.2) is 15.6 Å². The van der Waals surface area contributed by atoms with Gasteiger partial charge in [0.25, 0.3) is 5.56 Å². The van der Waals surface area contributed by atoms with Gasteiger partial charge in [-0.1, -0.05) is 6.07 Å². The number of hydrogen-bond donors (Lipinski definition) is 1. The van der Waals surface area contributed by atoms with Crippen LogP contribution in [0.3, 0.4) is 0 Å². The molecule has 1 aromatic carbocycles. The SMILES string of the molecule is Cc1ccc(I)cc1-n1cc(C(=O)O)ccc1=O. The second-order valence-corrected chi connectivity index (χ2v) is 5.11. The lowest BCUT2D eigenvalue weighted by molar-refractivity contribution is 0.0696. The van der Waals surface area contributed by atoms with Gasteiger partial charge in [-0.15, -0.1) is 0 Å². The number of aryl methyl sites for hydroxylation is 1. The first-order valence-corrected chi connectivity index (χ1v) is 6.29. The summed E-state index contributed by atoms with van der Waals surface area (Å²) >= 11 is 2.15. The topological polar surface area (TPSA) is 59.3 Å². The first kappa shape index (κ1) is 12.8. The molecular formula is C13H10INO3. The summed E-state index contributed by atoms with van der Waals surface area (Å²) in [5.41, 5.74) is 1.47. The van der Waals surface area contributed by atoms with Crippen LogP contribution >= 0.6 is 22.6 Å². The molecule has 1 N–H and O–H groups in total. The Balaban J connectivity index is 2.70. The lowest BCUT2D eigenvalue weighted by Crippen LogP contribution is -2.19. The number of aromatic nitrogens is 1. The standard InChI is InChI=1S/C13H10INO3/c1-8-2-4-10(14)6-11(8)15-7-9(13(17)18)3-5-12(15)16/h2-7H,1H3,(H,17,18). The molecule has 0 aliphatic rings. The molecule has 2 aromatic rings. The molecular weight excluding hydrogens is 345 g/mol. The van der Waals surface area contributed by atoms with E-state index in [1.54, 1.807) is 0 Å². The Morgan fingerprint density at radius 2 is 2.00 bits per heavy atom. The summed E-state index contributed by atoms with van der Waals surface area (Å²) in [6.45, 7) is 1.88. The Morgan fingerprint density at radius 3 is 2.67 bits per heavy atom. The number of carbonyl (C=O) groups is 1. The highest BCUT2D eigenvalue weighted by Crippen LogP contribution is 2.16. The summed E-state index contributed by atoms with van der Waals surface area (Å²) in [5.74, 6) is -1.05. The molecule has 0 spiro atoms. The summed E-state index contributed by atoms with van der Waals surface area (Å²) in [4.78, 5) is 22.8. The van der Waals surface area contributed by atoms with Gasteiger partial charge in [-0.05, 0) is 53.3 Å². The van der Waals surface area contributed by atoms with Gasteiger partial charge in [0, 0.05) is 15.8 Å². The minimum absolute atomic E-state index is 0.0906. The molecule has 0 aliphatic heterocycles. The largest absolute Gasteiger partial charge is 0.478 e. The molecule has 0 bridgehead atoms. The van der Waals surface area contributed by atoms with E-state index in [1.165, 1.54) is 22.9 Å². The van der Waals surface area contributed by atoms with E-state index in [-0.39, 0.29) is 11.1 Å². The number of rotatable bonds is 2. The van der Waals surface area contributed by atoms with Crippen molar-refractivity contribution in [1.82, 2.24) is 4.57 Å². The zero-order chi connectivity index (χ0) is 13.3. The molecule has 0 atom stereocenters. The molecule has 0 radical (unpaired) electrons. The third-order valence-corrected chi connectivity index (χ3v) is 3.26. The van der Waals surface area contributed by atoms with Crippen molar-refractivity contribution in [2.24, 2.45) is 0 Å².